The first-order valence-electron chi connectivity index (χ1n) is 6.75. The minimum Gasteiger partial charge on any atom is -0.426 e. The molecule has 0 amide bonds. The molecule has 2 fully saturated rings. The number of carbonyl (C=O) groups excluding carboxylic acids is 2. The average molecular weight is 336 g/mol. The van der Waals surface area contributed by atoms with Crippen molar-refractivity contribution < 1.29 is 43.5 Å². The van der Waals surface area contributed by atoms with E-state index in [4.69, 9.17) is 14.9 Å². The summed E-state index contributed by atoms with van der Waals surface area (Å²) in [5.74, 6) is 0.759. The predicted octanol–water partition coefficient (Wildman–Crippen LogP) is 1.35. The van der Waals surface area contributed by atoms with E-state index in [2.05, 4.69) is 32.1 Å². The van der Waals surface area contributed by atoms with Crippen LogP contribution in [0.25, 0.3) is 0 Å². The molecule has 0 atom stereocenters. The standard InChI is InChI=1S/2C4H4O3.C4H10O.C2H6O2/c2*1-3-2-6-4(5)7-3;1-3-5-4-2;3-1-2-4/h2*1-2H2;3-4H2,1-2H3;3-4H,1-2H2. The van der Waals surface area contributed by atoms with Gasteiger partial charge in [-0.2, -0.15) is 0 Å². The maximum absolute atomic E-state index is 9.95. The van der Waals surface area contributed by atoms with Gasteiger partial charge in [0.2, 0.25) is 0 Å². The van der Waals surface area contributed by atoms with Gasteiger partial charge in [-0.1, -0.05) is 13.2 Å². The van der Waals surface area contributed by atoms with E-state index in [1.165, 1.54) is 0 Å². The van der Waals surface area contributed by atoms with E-state index in [1.807, 2.05) is 13.8 Å². The third-order valence-corrected chi connectivity index (χ3v) is 1.67. The minimum absolute atomic E-state index is 0.125. The average Bonchev–Trinajstić information content (AvgIpc) is 3.08. The van der Waals surface area contributed by atoms with Gasteiger partial charge in [-0.05, 0) is 13.8 Å². The summed E-state index contributed by atoms with van der Waals surface area (Å²) in [4.78, 5) is 19.9. The highest BCUT2D eigenvalue weighted by atomic mass is 16.8. The summed E-state index contributed by atoms with van der Waals surface area (Å²) in [7, 11) is 0. The monoisotopic (exact) mass is 336 g/mol. The Hall–Kier alpha value is -2.10. The first-order valence-corrected chi connectivity index (χ1v) is 6.75. The Morgan fingerprint density at radius 3 is 1.30 bits per heavy atom. The van der Waals surface area contributed by atoms with Crippen molar-refractivity contribution in [2.24, 2.45) is 0 Å². The zero-order valence-corrected chi connectivity index (χ0v) is 13.4. The van der Waals surface area contributed by atoms with E-state index in [1.54, 1.807) is 0 Å². The lowest BCUT2D eigenvalue weighted by atomic mass is 10.6. The Morgan fingerprint density at radius 1 is 0.913 bits per heavy atom. The molecule has 2 saturated heterocycles. The Labute approximate surface area is 135 Å². The summed E-state index contributed by atoms with van der Waals surface area (Å²) in [5.41, 5.74) is 0. The molecule has 134 valence electrons. The van der Waals surface area contributed by atoms with E-state index in [0.29, 0.717) is 11.5 Å². The molecule has 0 aromatic rings. The minimum atomic E-state index is -0.648. The normalized spacial score (nSPS) is 14.6. The summed E-state index contributed by atoms with van der Waals surface area (Å²) in [6.45, 7) is 12.5. The van der Waals surface area contributed by atoms with Crippen molar-refractivity contribution >= 4 is 12.3 Å². The molecule has 9 heteroatoms. The molecule has 23 heavy (non-hydrogen) atoms. The zero-order valence-electron chi connectivity index (χ0n) is 13.4. The first-order chi connectivity index (χ1) is 10.9. The van der Waals surface area contributed by atoms with Crippen LogP contribution in [-0.2, 0) is 23.7 Å². The molecule has 2 aliphatic heterocycles. The van der Waals surface area contributed by atoms with Crippen LogP contribution >= 0.6 is 0 Å². The van der Waals surface area contributed by atoms with Crippen LogP contribution in [-0.4, -0.2) is 62.2 Å². The quantitative estimate of drug-likeness (QED) is 0.735. The third kappa shape index (κ3) is 17.8. The number of cyclic esters (lactones) is 4. The van der Waals surface area contributed by atoms with Crippen molar-refractivity contribution in [3.63, 3.8) is 0 Å². The van der Waals surface area contributed by atoms with Crippen LogP contribution in [0.5, 0.6) is 0 Å². The molecule has 2 rings (SSSR count). The highest BCUT2D eigenvalue weighted by Gasteiger charge is 2.15. The van der Waals surface area contributed by atoms with Gasteiger partial charge < -0.3 is 33.9 Å². The molecule has 2 aliphatic rings. The van der Waals surface area contributed by atoms with Crippen LogP contribution in [0.4, 0.5) is 9.59 Å². The fourth-order valence-corrected chi connectivity index (χ4v) is 0.837. The van der Waals surface area contributed by atoms with Gasteiger partial charge in [-0.15, -0.1) is 0 Å². The highest BCUT2D eigenvalue weighted by molar-refractivity contribution is 5.64. The molecule has 0 aromatic heterocycles. The SMILES string of the molecule is C=C1COC(=O)O1.C=C1COC(=O)O1.CCOCC.OCCO. The van der Waals surface area contributed by atoms with E-state index in [9.17, 15) is 9.59 Å². The van der Waals surface area contributed by atoms with Crippen molar-refractivity contribution in [2.45, 2.75) is 13.8 Å². The maximum atomic E-state index is 9.95. The van der Waals surface area contributed by atoms with Crippen LogP contribution in [0.1, 0.15) is 13.8 Å². The van der Waals surface area contributed by atoms with E-state index >= 15 is 0 Å². The molecule has 0 aromatic carbocycles. The lowest BCUT2D eigenvalue weighted by Gasteiger charge is -1.86. The summed E-state index contributed by atoms with van der Waals surface area (Å²) in [6.07, 6.45) is -1.30. The van der Waals surface area contributed by atoms with Crippen LogP contribution < -0.4 is 0 Å². The Balaban J connectivity index is 0. The fourth-order valence-electron chi connectivity index (χ4n) is 0.837. The number of aliphatic hydroxyl groups excluding tert-OH is 2. The largest absolute Gasteiger partial charge is 0.514 e. The topological polar surface area (TPSA) is 121 Å². The number of carbonyl (C=O) groups is 2. The van der Waals surface area contributed by atoms with Crippen molar-refractivity contribution in [1.82, 2.24) is 0 Å². The molecular weight excluding hydrogens is 312 g/mol. The van der Waals surface area contributed by atoms with Gasteiger partial charge in [0.1, 0.15) is 11.5 Å². The molecule has 0 spiro atoms. The van der Waals surface area contributed by atoms with Crippen molar-refractivity contribution in [2.75, 3.05) is 39.6 Å². The molecule has 0 radical (unpaired) electrons. The molecule has 0 aliphatic carbocycles. The molecule has 0 saturated carbocycles. The first kappa shape index (κ1) is 23.2. The molecular formula is C14H24O9. The zero-order chi connectivity index (χ0) is 18.1. The number of aliphatic hydroxyl groups is 2. The van der Waals surface area contributed by atoms with Crippen molar-refractivity contribution in [1.29, 1.82) is 0 Å². The number of hydrogen-bond donors (Lipinski definition) is 2. The predicted molar refractivity (Wildman–Crippen MR) is 79.5 cm³/mol. The lowest BCUT2D eigenvalue weighted by molar-refractivity contribution is 0.135. The van der Waals surface area contributed by atoms with Crippen molar-refractivity contribution in [3.8, 4) is 0 Å². The smallest absolute Gasteiger partial charge is 0.426 e. The summed E-state index contributed by atoms with van der Waals surface area (Å²) in [5, 5.41) is 15.2. The Morgan fingerprint density at radius 2 is 1.26 bits per heavy atom. The molecule has 0 unspecified atom stereocenters. The van der Waals surface area contributed by atoms with Gasteiger partial charge in [0.15, 0.2) is 13.2 Å². The second-order valence-corrected chi connectivity index (χ2v) is 3.59. The van der Waals surface area contributed by atoms with Gasteiger partial charge >= 0.3 is 12.3 Å². The van der Waals surface area contributed by atoms with Gasteiger partial charge in [0, 0.05) is 13.2 Å². The third-order valence-electron chi connectivity index (χ3n) is 1.67. The van der Waals surface area contributed by atoms with E-state index in [-0.39, 0.29) is 26.4 Å². The van der Waals surface area contributed by atoms with E-state index < -0.39 is 12.3 Å². The molecule has 9 nitrogen and oxygen atoms in total. The summed E-state index contributed by atoms with van der Waals surface area (Å²) >= 11 is 0. The number of hydrogen-bond acceptors (Lipinski definition) is 9. The summed E-state index contributed by atoms with van der Waals surface area (Å²) in [6, 6.07) is 0. The molecule has 2 N–H and O–H groups in total. The summed E-state index contributed by atoms with van der Waals surface area (Å²) < 4.78 is 22.1. The number of rotatable bonds is 3. The van der Waals surface area contributed by atoms with Crippen molar-refractivity contribution in [3.05, 3.63) is 24.7 Å². The van der Waals surface area contributed by atoms with Crippen LogP contribution in [0.2, 0.25) is 0 Å². The van der Waals surface area contributed by atoms with Crippen LogP contribution in [0.15, 0.2) is 24.7 Å². The lowest BCUT2D eigenvalue weighted by Crippen LogP contribution is -1.88. The van der Waals surface area contributed by atoms with Gasteiger partial charge in [0.25, 0.3) is 0 Å². The van der Waals surface area contributed by atoms with Crippen LogP contribution in [0, 0.1) is 0 Å². The Kier molecular flexibility index (Phi) is 16.4. The van der Waals surface area contributed by atoms with E-state index in [0.717, 1.165) is 13.2 Å². The number of ether oxygens (including phenoxy) is 5. The van der Waals surface area contributed by atoms with Gasteiger partial charge in [0.05, 0.1) is 13.2 Å². The second-order valence-electron chi connectivity index (χ2n) is 3.59. The molecule has 0 bridgehead atoms. The second kappa shape index (κ2) is 16.3. The van der Waals surface area contributed by atoms with Gasteiger partial charge in [-0.25, -0.2) is 9.59 Å². The van der Waals surface area contributed by atoms with Crippen LogP contribution in [0.3, 0.4) is 0 Å². The molecule has 2 heterocycles. The van der Waals surface area contributed by atoms with Gasteiger partial charge in [-0.3, -0.25) is 0 Å². The fraction of sp³-hybridized carbons (Fsp3) is 0.571. The highest BCUT2D eigenvalue weighted by Crippen LogP contribution is 2.05. The Bertz CT molecular complexity index is 303. The maximum Gasteiger partial charge on any atom is 0.514 e.